The predicted octanol–water partition coefficient (Wildman–Crippen LogP) is 3.45. The van der Waals surface area contributed by atoms with Gasteiger partial charge in [0.15, 0.2) is 0 Å². The Labute approximate surface area is 218 Å². The molecular weight excluding hydrogens is 542 g/mol. The van der Waals surface area contributed by atoms with Gasteiger partial charge in [-0.3, -0.25) is 9.35 Å². The van der Waals surface area contributed by atoms with Crippen molar-refractivity contribution in [3.63, 3.8) is 0 Å². The van der Waals surface area contributed by atoms with Crippen molar-refractivity contribution in [2.45, 2.75) is 88.2 Å². The van der Waals surface area contributed by atoms with Crippen molar-refractivity contribution in [2.75, 3.05) is 19.7 Å². The SMILES string of the molecule is CC(C)(C)OC(=O)N1CCC(C(=O)OCC2(C)OC3C4CC(C3O2)C(C(F)(F)C(F)(F)S(=O)(=O)O)C4)CC1. The van der Waals surface area contributed by atoms with Gasteiger partial charge in [-0.25, -0.2) is 4.79 Å². The maximum atomic E-state index is 14.6. The molecule has 0 aromatic heterocycles. The van der Waals surface area contributed by atoms with E-state index in [1.54, 1.807) is 20.8 Å². The fourth-order valence-corrected chi connectivity index (χ4v) is 6.49. The molecule has 15 heteroatoms. The number of nitrogens with zero attached hydrogens (tertiary/aromatic N) is 1. The summed E-state index contributed by atoms with van der Waals surface area (Å²) in [6.45, 7) is 6.94. The largest absolute Gasteiger partial charge is 0.460 e. The normalized spacial score (nSPS) is 34.3. The van der Waals surface area contributed by atoms with Gasteiger partial charge in [0.25, 0.3) is 0 Å². The number of halogens is 4. The average molecular weight is 576 g/mol. The van der Waals surface area contributed by atoms with E-state index in [1.807, 2.05) is 0 Å². The van der Waals surface area contributed by atoms with E-state index in [1.165, 1.54) is 11.8 Å². The molecule has 38 heavy (non-hydrogen) atoms. The third-order valence-electron chi connectivity index (χ3n) is 7.76. The lowest BCUT2D eigenvalue weighted by atomic mass is 9.81. The van der Waals surface area contributed by atoms with Crippen molar-refractivity contribution in [1.82, 2.24) is 4.90 Å². The van der Waals surface area contributed by atoms with Crippen molar-refractivity contribution in [2.24, 2.45) is 23.7 Å². The summed E-state index contributed by atoms with van der Waals surface area (Å²) in [4.78, 5) is 26.4. The molecule has 2 saturated heterocycles. The standard InChI is InChI=1S/C23H33F4NO9S/c1-20(2,3)37-19(30)28-7-5-12(6-8-28)18(29)34-11-21(4)35-16-13-9-14(17(16)36-21)15(10-13)22(24,25)23(26,27)38(31,32)33/h12-17H,5-11H2,1-4H3,(H,31,32,33). The molecule has 6 atom stereocenters. The molecule has 4 fully saturated rings. The van der Waals surface area contributed by atoms with E-state index in [0.717, 1.165) is 0 Å². The van der Waals surface area contributed by atoms with Gasteiger partial charge in [-0.15, -0.1) is 0 Å². The number of piperidine rings is 1. The van der Waals surface area contributed by atoms with E-state index >= 15 is 0 Å². The molecular formula is C23H33F4NO9S. The van der Waals surface area contributed by atoms with Crippen LogP contribution in [0.15, 0.2) is 0 Å². The van der Waals surface area contributed by atoms with Crippen LogP contribution in [0, 0.1) is 23.7 Å². The lowest BCUT2D eigenvalue weighted by molar-refractivity contribution is -0.220. The van der Waals surface area contributed by atoms with E-state index in [-0.39, 0.29) is 13.0 Å². The van der Waals surface area contributed by atoms with Crippen LogP contribution in [0.1, 0.15) is 53.4 Å². The molecule has 2 bridgehead atoms. The lowest BCUT2D eigenvalue weighted by Gasteiger charge is -2.36. The van der Waals surface area contributed by atoms with Gasteiger partial charge in [-0.2, -0.15) is 26.0 Å². The third-order valence-corrected chi connectivity index (χ3v) is 8.68. The van der Waals surface area contributed by atoms with Gasteiger partial charge < -0.3 is 23.8 Å². The van der Waals surface area contributed by atoms with Crippen LogP contribution >= 0.6 is 0 Å². The van der Waals surface area contributed by atoms with Gasteiger partial charge >= 0.3 is 33.4 Å². The molecule has 0 radical (unpaired) electrons. The highest BCUT2D eigenvalue weighted by Gasteiger charge is 2.75. The number of esters is 1. The van der Waals surface area contributed by atoms with E-state index in [0.29, 0.717) is 25.9 Å². The van der Waals surface area contributed by atoms with Gasteiger partial charge in [0.1, 0.15) is 12.2 Å². The summed E-state index contributed by atoms with van der Waals surface area (Å²) in [7, 11) is -6.35. The van der Waals surface area contributed by atoms with E-state index in [4.69, 9.17) is 23.5 Å². The third kappa shape index (κ3) is 5.22. The summed E-state index contributed by atoms with van der Waals surface area (Å²) in [5.41, 5.74) is -0.644. The van der Waals surface area contributed by atoms with Crippen LogP contribution in [0.5, 0.6) is 0 Å². The molecule has 2 saturated carbocycles. The molecule has 6 unspecified atom stereocenters. The number of ether oxygens (including phenoxy) is 4. The number of rotatable bonds is 6. The highest BCUT2D eigenvalue weighted by molar-refractivity contribution is 7.87. The summed E-state index contributed by atoms with van der Waals surface area (Å²) >= 11 is 0. The molecule has 0 aromatic rings. The Morgan fingerprint density at radius 2 is 1.63 bits per heavy atom. The smallest absolute Gasteiger partial charge is 0.431 e. The molecule has 2 heterocycles. The average Bonchev–Trinajstić information content (AvgIpc) is 3.46. The highest BCUT2D eigenvalue weighted by Crippen LogP contribution is 2.61. The van der Waals surface area contributed by atoms with E-state index < -0.39 is 87.0 Å². The first-order chi connectivity index (χ1) is 17.3. The fourth-order valence-electron chi connectivity index (χ4n) is 5.99. The van der Waals surface area contributed by atoms with Gasteiger partial charge in [0.2, 0.25) is 5.79 Å². The molecule has 2 aliphatic carbocycles. The Morgan fingerprint density at radius 3 is 2.18 bits per heavy atom. The predicted molar refractivity (Wildman–Crippen MR) is 121 cm³/mol. The van der Waals surface area contributed by atoms with Gasteiger partial charge in [0, 0.05) is 19.0 Å². The molecule has 218 valence electrons. The second kappa shape index (κ2) is 9.44. The van der Waals surface area contributed by atoms with Crippen LogP contribution in [0.2, 0.25) is 0 Å². The zero-order valence-electron chi connectivity index (χ0n) is 21.5. The first kappa shape index (κ1) is 29.3. The maximum Gasteiger partial charge on any atom is 0.431 e. The first-order valence-corrected chi connectivity index (χ1v) is 13.9. The summed E-state index contributed by atoms with van der Waals surface area (Å²) in [5.74, 6) is -11.3. The van der Waals surface area contributed by atoms with E-state index in [2.05, 4.69) is 0 Å². The quantitative estimate of drug-likeness (QED) is 0.288. The highest BCUT2D eigenvalue weighted by atomic mass is 32.2. The molecule has 2 aliphatic heterocycles. The Bertz CT molecular complexity index is 1060. The molecule has 1 N–H and O–H groups in total. The Kier molecular flexibility index (Phi) is 7.28. The minimum absolute atomic E-state index is 0.0727. The molecule has 1 amide bonds. The van der Waals surface area contributed by atoms with Crippen LogP contribution < -0.4 is 0 Å². The molecule has 4 aliphatic rings. The van der Waals surface area contributed by atoms with Crippen LogP contribution in [0.25, 0.3) is 0 Å². The topological polar surface area (TPSA) is 129 Å². The number of carbonyl (C=O) groups excluding carboxylic acids is 2. The molecule has 10 nitrogen and oxygen atoms in total. The number of amides is 1. The number of hydrogen-bond donors (Lipinski definition) is 1. The van der Waals surface area contributed by atoms with Crippen molar-refractivity contribution < 1.29 is 59.1 Å². The zero-order chi connectivity index (χ0) is 28.5. The summed E-state index contributed by atoms with van der Waals surface area (Å²) in [5, 5.41) is -5.65. The first-order valence-electron chi connectivity index (χ1n) is 12.5. The summed E-state index contributed by atoms with van der Waals surface area (Å²) in [6, 6.07) is 0. The van der Waals surface area contributed by atoms with Crippen molar-refractivity contribution in [3.05, 3.63) is 0 Å². The van der Waals surface area contributed by atoms with Crippen molar-refractivity contribution in [1.29, 1.82) is 0 Å². The van der Waals surface area contributed by atoms with Crippen LogP contribution in [0.4, 0.5) is 22.4 Å². The van der Waals surface area contributed by atoms with E-state index in [9.17, 15) is 35.6 Å². The van der Waals surface area contributed by atoms with Crippen molar-refractivity contribution in [3.8, 4) is 0 Å². The summed E-state index contributed by atoms with van der Waals surface area (Å²) < 4.78 is 110. The molecule has 0 spiro atoms. The fraction of sp³-hybridized carbons (Fsp3) is 0.913. The minimum Gasteiger partial charge on any atom is -0.460 e. The number of fused-ring (bicyclic) bond motifs is 5. The Morgan fingerprint density at radius 1 is 1.05 bits per heavy atom. The second-order valence-electron chi connectivity index (χ2n) is 11.8. The number of alkyl halides is 4. The molecule has 0 aromatic carbocycles. The van der Waals surface area contributed by atoms with Crippen LogP contribution in [-0.4, -0.2) is 84.4 Å². The second-order valence-corrected chi connectivity index (χ2v) is 13.2. The van der Waals surface area contributed by atoms with Gasteiger partial charge in [-0.1, -0.05) is 0 Å². The molecule has 4 rings (SSSR count). The lowest BCUT2D eigenvalue weighted by Crippen LogP contribution is -2.55. The Hall–Kier alpha value is -1.71. The number of likely N-dealkylation sites (tertiary alicyclic amines) is 1. The van der Waals surface area contributed by atoms with Crippen molar-refractivity contribution >= 4 is 22.2 Å². The van der Waals surface area contributed by atoms with Gasteiger partial charge in [0.05, 0.1) is 18.1 Å². The number of hydrogen-bond acceptors (Lipinski definition) is 8. The van der Waals surface area contributed by atoms with Crippen LogP contribution in [-0.2, 0) is 33.9 Å². The monoisotopic (exact) mass is 575 g/mol. The minimum atomic E-state index is -6.35. The Balaban J connectivity index is 1.31. The zero-order valence-corrected chi connectivity index (χ0v) is 22.3. The van der Waals surface area contributed by atoms with Gasteiger partial charge in [-0.05, 0) is 65.2 Å². The number of carbonyl (C=O) groups is 2. The van der Waals surface area contributed by atoms with Crippen LogP contribution in [0.3, 0.4) is 0 Å². The summed E-state index contributed by atoms with van der Waals surface area (Å²) in [6.07, 6.45) is -1.85. The maximum absolute atomic E-state index is 14.6.